The molecule has 0 aliphatic carbocycles. The maximum atomic E-state index is 13.2. The number of hydrogen-bond acceptors (Lipinski definition) is 2. The molecule has 92 valence electrons. The number of halogens is 3. The van der Waals surface area contributed by atoms with Crippen LogP contribution >= 0.6 is 24.0 Å². The molecule has 0 radical (unpaired) electrons. The summed E-state index contributed by atoms with van der Waals surface area (Å²) < 4.78 is 18.6. The highest BCUT2D eigenvalue weighted by Crippen LogP contribution is 2.27. The number of nitrogens with two attached hydrogens (primary N) is 1. The van der Waals surface area contributed by atoms with Crippen molar-refractivity contribution in [3.05, 3.63) is 28.5 Å². The zero-order chi connectivity index (χ0) is 11.4. The average Bonchev–Trinajstić information content (AvgIpc) is 2.13. The van der Waals surface area contributed by atoms with Gasteiger partial charge in [-0.3, -0.25) is 0 Å². The lowest BCUT2D eigenvalue weighted by molar-refractivity contribution is 0.335. The lowest BCUT2D eigenvalue weighted by Gasteiger charge is -2.12. The Hall–Kier alpha value is -0.510. The Morgan fingerprint density at radius 1 is 1.50 bits per heavy atom. The van der Waals surface area contributed by atoms with Crippen LogP contribution in [-0.2, 0) is 6.42 Å². The molecule has 16 heavy (non-hydrogen) atoms. The second kappa shape index (κ2) is 6.94. The Labute approximate surface area is 106 Å². The Kier molecular flexibility index (Phi) is 6.72. The van der Waals surface area contributed by atoms with Crippen molar-refractivity contribution in [2.75, 3.05) is 6.61 Å². The maximum absolute atomic E-state index is 13.2. The normalized spacial score (nSPS) is 11.8. The SMILES string of the molecule is CCOc1cc(Cl)c(F)cc1CC(C)N.Cl. The Morgan fingerprint density at radius 3 is 2.62 bits per heavy atom. The molecule has 2 nitrogen and oxygen atoms in total. The molecule has 5 heteroatoms. The van der Waals surface area contributed by atoms with Crippen molar-refractivity contribution >= 4 is 24.0 Å². The van der Waals surface area contributed by atoms with Gasteiger partial charge in [-0.1, -0.05) is 11.6 Å². The van der Waals surface area contributed by atoms with Gasteiger partial charge in [0.25, 0.3) is 0 Å². The van der Waals surface area contributed by atoms with Crippen LogP contribution in [0.25, 0.3) is 0 Å². The van der Waals surface area contributed by atoms with E-state index in [1.54, 1.807) is 0 Å². The van der Waals surface area contributed by atoms with Crippen LogP contribution in [0.4, 0.5) is 4.39 Å². The average molecular weight is 268 g/mol. The van der Waals surface area contributed by atoms with Crippen LogP contribution in [0, 0.1) is 5.82 Å². The van der Waals surface area contributed by atoms with Gasteiger partial charge in [0, 0.05) is 12.1 Å². The molecular formula is C11H16Cl2FNO. The van der Waals surface area contributed by atoms with E-state index < -0.39 is 5.82 Å². The monoisotopic (exact) mass is 267 g/mol. The van der Waals surface area contributed by atoms with E-state index in [1.807, 2.05) is 13.8 Å². The third-order valence-electron chi connectivity index (χ3n) is 1.95. The van der Waals surface area contributed by atoms with Gasteiger partial charge in [-0.25, -0.2) is 4.39 Å². The molecule has 1 aromatic rings. The van der Waals surface area contributed by atoms with Crippen LogP contribution in [0.5, 0.6) is 5.75 Å². The van der Waals surface area contributed by atoms with Crippen molar-refractivity contribution in [3.8, 4) is 5.75 Å². The van der Waals surface area contributed by atoms with Gasteiger partial charge in [-0.05, 0) is 31.9 Å². The molecule has 0 saturated heterocycles. The van der Waals surface area contributed by atoms with Crippen LogP contribution in [0.15, 0.2) is 12.1 Å². The second-order valence-electron chi connectivity index (χ2n) is 3.49. The van der Waals surface area contributed by atoms with Gasteiger partial charge < -0.3 is 10.5 Å². The van der Waals surface area contributed by atoms with Crippen LogP contribution in [0.1, 0.15) is 19.4 Å². The van der Waals surface area contributed by atoms with Crippen molar-refractivity contribution in [1.29, 1.82) is 0 Å². The predicted octanol–water partition coefficient (Wildman–Crippen LogP) is 3.19. The molecule has 0 aliphatic rings. The predicted molar refractivity (Wildman–Crippen MR) is 67.2 cm³/mol. The fraction of sp³-hybridized carbons (Fsp3) is 0.455. The van der Waals surface area contributed by atoms with Crippen molar-refractivity contribution in [2.24, 2.45) is 5.73 Å². The zero-order valence-corrected chi connectivity index (χ0v) is 10.9. The highest BCUT2D eigenvalue weighted by atomic mass is 35.5. The molecule has 0 fully saturated rings. The molecule has 0 heterocycles. The van der Waals surface area contributed by atoms with Gasteiger partial charge in [-0.15, -0.1) is 12.4 Å². The van der Waals surface area contributed by atoms with E-state index in [0.29, 0.717) is 18.8 Å². The zero-order valence-electron chi connectivity index (χ0n) is 9.30. The van der Waals surface area contributed by atoms with E-state index in [4.69, 9.17) is 22.1 Å². The topological polar surface area (TPSA) is 35.2 Å². The lowest BCUT2D eigenvalue weighted by atomic mass is 10.1. The van der Waals surface area contributed by atoms with E-state index in [-0.39, 0.29) is 23.5 Å². The number of benzene rings is 1. The maximum Gasteiger partial charge on any atom is 0.142 e. The first-order chi connectivity index (χ1) is 7.04. The third kappa shape index (κ3) is 4.16. The molecule has 0 bridgehead atoms. The van der Waals surface area contributed by atoms with Crippen LogP contribution < -0.4 is 10.5 Å². The fourth-order valence-electron chi connectivity index (χ4n) is 1.37. The van der Waals surface area contributed by atoms with E-state index >= 15 is 0 Å². The van der Waals surface area contributed by atoms with E-state index in [1.165, 1.54) is 12.1 Å². The minimum Gasteiger partial charge on any atom is -0.494 e. The molecule has 1 rings (SSSR count). The largest absolute Gasteiger partial charge is 0.494 e. The molecular weight excluding hydrogens is 252 g/mol. The smallest absolute Gasteiger partial charge is 0.142 e. The molecule has 1 unspecified atom stereocenters. The number of hydrogen-bond donors (Lipinski definition) is 1. The summed E-state index contributed by atoms with van der Waals surface area (Å²) in [5.74, 6) is 0.178. The standard InChI is InChI=1S/C11H15ClFNO.ClH/c1-3-15-11-6-9(12)10(13)5-8(11)4-7(2)14;/h5-7H,3-4,14H2,1-2H3;1H. The molecule has 0 aromatic heterocycles. The molecule has 1 aromatic carbocycles. The van der Waals surface area contributed by atoms with Gasteiger partial charge >= 0.3 is 0 Å². The van der Waals surface area contributed by atoms with Crippen molar-refractivity contribution < 1.29 is 9.13 Å². The van der Waals surface area contributed by atoms with Crippen molar-refractivity contribution in [1.82, 2.24) is 0 Å². The van der Waals surface area contributed by atoms with Crippen molar-refractivity contribution in [2.45, 2.75) is 26.3 Å². The van der Waals surface area contributed by atoms with E-state index in [2.05, 4.69) is 0 Å². The second-order valence-corrected chi connectivity index (χ2v) is 3.90. The molecule has 0 amide bonds. The third-order valence-corrected chi connectivity index (χ3v) is 2.23. The molecule has 2 N–H and O–H groups in total. The van der Waals surface area contributed by atoms with E-state index in [9.17, 15) is 4.39 Å². The fourth-order valence-corrected chi connectivity index (χ4v) is 1.52. The summed E-state index contributed by atoms with van der Waals surface area (Å²) in [7, 11) is 0. The van der Waals surface area contributed by atoms with Gasteiger partial charge in [0.05, 0.1) is 11.6 Å². The number of ether oxygens (including phenoxy) is 1. The molecule has 0 saturated carbocycles. The molecule has 1 atom stereocenters. The summed E-state index contributed by atoms with van der Waals surface area (Å²) in [6, 6.07) is 2.85. The Balaban J connectivity index is 0.00000225. The van der Waals surface area contributed by atoms with E-state index in [0.717, 1.165) is 5.56 Å². The van der Waals surface area contributed by atoms with Crippen LogP contribution in [0.3, 0.4) is 0 Å². The van der Waals surface area contributed by atoms with Crippen LogP contribution in [-0.4, -0.2) is 12.6 Å². The van der Waals surface area contributed by atoms with Gasteiger partial charge in [0.2, 0.25) is 0 Å². The summed E-state index contributed by atoms with van der Waals surface area (Å²) in [6.07, 6.45) is 0.573. The summed E-state index contributed by atoms with van der Waals surface area (Å²) >= 11 is 5.67. The summed E-state index contributed by atoms with van der Waals surface area (Å²) in [5.41, 5.74) is 6.42. The lowest BCUT2D eigenvalue weighted by Crippen LogP contribution is -2.18. The van der Waals surface area contributed by atoms with Gasteiger partial charge in [0.1, 0.15) is 11.6 Å². The summed E-state index contributed by atoms with van der Waals surface area (Å²) in [6.45, 7) is 4.25. The highest BCUT2D eigenvalue weighted by Gasteiger charge is 2.10. The van der Waals surface area contributed by atoms with Gasteiger partial charge in [0.15, 0.2) is 0 Å². The quantitative estimate of drug-likeness (QED) is 0.910. The van der Waals surface area contributed by atoms with Crippen molar-refractivity contribution in [3.63, 3.8) is 0 Å². The summed E-state index contributed by atoms with van der Waals surface area (Å²) in [5, 5.41) is 0.0758. The van der Waals surface area contributed by atoms with Gasteiger partial charge in [-0.2, -0.15) is 0 Å². The first-order valence-electron chi connectivity index (χ1n) is 4.91. The molecule has 0 aliphatic heterocycles. The Bertz CT molecular complexity index is 345. The summed E-state index contributed by atoms with van der Waals surface area (Å²) in [4.78, 5) is 0. The highest BCUT2D eigenvalue weighted by molar-refractivity contribution is 6.30. The Morgan fingerprint density at radius 2 is 2.12 bits per heavy atom. The van der Waals surface area contributed by atoms with Crippen LogP contribution in [0.2, 0.25) is 5.02 Å². The minimum atomic E-state index is -0.434. The first kappa shape index (κ1) is 15.5. The first-order valence-corrected chi connectivity index (χ1v) is 5.28. The minimum absolute atomic E-state index is 0. The molecule has 0 spiro atoms. The number of rotatable bonds is 4.